The molecule has 1 heterocycles. The van der Waals surface area contributed by atoms with Crippen LogP contribution in [-0.4, -0.2) is 110 Å². The summed E-state index contributed by atoms with van der Waals surface area (Å²) in [5, 5.41) is 75.2. The molecule has 1 aliphatic heterocycles. The number of ether oxygens (including phenoxy) is 2. The monoisotopic (exact) mass is 728 g/mol. The first-order valence-corrected chi connectivity index (χ1v) is 19.9. The quantitative estimate of drug-likeness (QED) is 0.0361. The Bertz CT molecular complexity index is 929. The van der Waals surface area contributed by atoms with Gasteiger partial charge in [-0.15, -0.1) is 0 Å². The van der Waals surface area contributed by atoms with E-state index in [0.717, 1.165) is 51.4 Å². The molecule has 8 N–H and O–H groups in total. The third-order valence-corrected chi connectivity index (χ3v) is 9.41. The fourth-order valence-electron chi connectivity index (χ4n) is 6.07. The first-order valence-electron chi connectivity index (χ1n) is 19.9. The summed E-state index contributed by atoms with van der Waals surface area (Å²) < 4.78 is 11.0. The molecule has 0 aliphatic carbocycles. The maximum atomic E-state index is 13.0. The van der Waals surface area contributed by atoms with E-state index in [1.165, 1.54) is 44.9 Å². The molecule has 0 radical (unpaired) electrons. The van der Waals surface area contributed by atoms with Crippen LogP contribution >= 0.6 is 0 Å². The van der Waals surface area contributed by atoms with E-state index in [1.54, 1.807) is 0 Å². The summed E-state index contributed by atoms with van der Waals surface area (Å²) >= 11 is 0. The molecule has 1 amide bonds. The molecule has 298 valence electrons. The van der Waals surface area contributed by atoms with Crippen molar-refractivity contribution in [3.05, 3.63) is 36.5 Å². The Balaban J connectivity index is 2.60. The van der Waals surface area contributed by atoms with Crippen molar-refractivity contribution in [2.45, 2.75) is 197 Å². The van der Waals surface area contributed by atoms with Crippen molar-refractivity contribution in [3.8, 4) is 0 Å². The molecule has 11 heteroatoms. The van der Waals surface area contributed by atoms with Crippen LogP contribution in [0.15, 0.2) is 36.5 Å². The molecule has 11 nitrogen and oxygen atoms in total. The summed E-state index contributed by atoms with van der Waals surface area (Å²) in [6, 6.07) is -1.19. The average Bonchev–Trinajstić information content (AvgIpc) is 3.13. The summed E-state index contributed by atoms with van der Waals surface area (Å²) in [5.41, 5.74) is 0. The molecular weight excluding hydrogens is 654 g/mol. The van der Waals surface area contributed by atoms with E-state index in [0.29, 0.717) is 19.3 Å². The first-order chi connectivity index (χ1) is 24.7. The lowest BCUT2D eigenvalue weighted by molar-refractivity contribution is -0.303. The number of nitrogens with one attached hydrogen (secondary N) is 1. The maximum Gasteiger partial charge on any atom is 0.249 e. The summed E-state index contributed by atoms with van der Waals surface area (Å²) in [6.45, 7) is 3.25. The van der Waals surface area contributed by atoms with Gasteiger partial charge in [0.1, 0.15) is 36.6 Å². The van der Waals surface area contributed by atoms with Gasteiger partial charge in [0.25, 0.3) is 0 Å². The maximum absolute atomic E-state index is 13.0. The molecule has 51 heavy (non-hydrogen) atoms. The zero-order chi connectivity index (χ0) is 37.7. The van der Waals surface area contributed by atoms with Crippen molar-refractivity contribution < 1.29 is 50.0 Å². The molecule has 0 aromatic heterocycles. The normalized spacial score (nSPS) is 23.7. The van der Waals surface area contributed by atoms with E-state index < -0.39 is 74.2 Å². The minimum Gasteiger partial charge on any atom is -0.394 e. The van der Waals surface area contributed by atoms with Crippen LogP contribution in [0.5, 0.6) is 0 Å². The standard InChI is InChI=1S/C40H73NO10/c1-3-5-7-9-11-13-15-16-18-19-21-23-25-27-32(43)35(45)31(30-50-40-38(48)37(47)36(46)34(29-42)51-40)41-39(49)33(44)28-26-24-22-20-17-14-12-10-8-6-4-2/h5,7,13,15,19,21,31-38,40,42-48H,3-4,6,8-12,14,16-18,20,22-30H2,1-2H3,(H,41,49)/b7-5+,15-13+,21-19+. The Labute approximate surface area is 307 Å². The molecule has 9 unspecified atom stereocenters. The lowest BCUT2D eigenvalue weighted by Crippen LogP contribution is -2.60. The number of hydrogen-bond donors (Lipinski definition) is 8. The fraction of sp³-hybridized carbons (Fsp3) is 0.825. The number of allylic oxidation sites excluding steroid dienone is 6. The molecule has 0 saturated carbocycles. The molecule has 0 aromatic carbocycles. The second-order valence-electron chi connectivity index (χ2n) is 14.0. The smallest absolute Gasteiger partial charge is 0.249 e. The predicted octanol–water partition coefficient (Wildman–Crippen LogP) is 4.88. The molecular formula is C40H73NO10. The third kappa shape index (κ3) is 21.6. The van der Waals surface area contributed by atoms with Crippen LogP contribution in [0.4, 0.5) is 0 Å². The number of rotatable bonds is 31. The first kappa shape index (κ1) is 47.4. The minimum atomic E-state index is -1.67. The van der Waals surface area contributed by atoms with E-state index in [2.05, 4.69) is 49.5 Å². The number of carbonyl (C=O) groups excluding carboxylic acids is 1. The van der Waals surface area contributed by atoms with Crippen molar-refractivity contribution >= 4 is 5.91 Å². The second-order valence-corrected chi connectivity index (χ2v) is 14.0. The van der Waals surface area contributed by atoms with Crippen LogP contribution in [-0.2, 0) is 14.3 Å². The van der Waals surface area contributed by atoms with Crippen molar-refractivity contribution in [2.75, 3.05) is 13.2 Å². The Morgan fingerprint density at radius 3 is 1.76 bits per heavy atom. The predicted molar refractivity (Wildman–Crippen MR) is 201 cm³/mol. The molecule has 1 fully saturated rings. The lowest BCUT2D eigenvalue weighted by atomic mass is 9.98. The van der Waals surface area contributed by atoms with Crippen LogP contribution in [0, 0.1) is 0 Å². The van der Waals surface area contributed by atoms with Crippen LogP contribution in [0.1, 0.15) is 142 Å². The largest absolute Gasteiger partial charge is 0.394 e. The van der Waals surface area contributed by atoms with Gasteiger partial charge in [-0.05, 0) is 57.8 Å². The Hall–Kier alpha value is -1.67. The number of aliphatic hydroxyl groups excluding tert-OH is 7. The Morgan fingerprint density at radius 2 is 1.22 bits per heavy atom. The highest BCUT2D eigenvalue weighted by Gasteiger charge is 2.44. The topological polar surface area (TPSA) is 189 Å². The van der Waals surface area contributed by atoms with Gasteiger partial charge in [0.05, 0.1) is 25.4 Å². The summed E-state index contributed by atoms with van der Waals surface area (Å²) in [6.07, 6.45) is 20.7. The molecule has 1 rings (SSSR count). The van der Waals surface area contributed by atoms with Gasteiger partial charge in [0, 0.05) is 0 Å². The summed E-state index contributed by atoms with van der Waals surface area (Å²) in [4.78, 5) is 13.0. The van der Waals surface area contributed by atoms with E-state index in [9.17, 15) is 40.5 Å². The molecule has 1 aliphatic rings. The molecule has 0 spiro atoms. The van der Waals surface area contributed by atoms with Gasteiger partial charge in [-0.25, -0.2) is 0 Å². The van der Waals surface area contributed by atoms with Crippen LogP contribution in [0.25, 0.3) is 0 Å². The highest BCUT2D eigenvalue weighted by Crippen LogP contribution is 2.23. The van der Waals surface area contributed by atoms with E-state index in [-0.39, 0.29) is 12.8 Å². The zero-order valence-corrected chi connectivity index (χ0v) is 31.6. The Morgan fingerprint density at radius 1 is 0.686 bits per heavy atom. The number of hydrogen-bond acceptors (Lipinski definition) is 10. The van der Waals surface area contributed by atoms with Crippen LogP contribution < -0.4 is 5.32 Å². The highest BCUT2D eigenvalue weighted by molar-refractivity contribution is 5.80. The van der Waals surface area contributed by atoms with Gasteiger partial charge < -0.3 is 50.5 Å². The van der Waals surface area contributed by atoms with Gasteiger partial charge in [-0.2, -0.15) is 0 Å². The SMILES string of the molecule is CC/C=C/CC/C=C/CC/C=C/CCCC(O)C(O)C(COC1OC(CO)C(O)C(O)C1O)NC(=O)C(O)CCCCCCCCCCCCC. The van der Waals surface area contributed by atoms with Gasteiger partial charge in [-0.1, -0.05) is 121 Å². The van der Waals surface area contributed by atoms with Gasteiger partial charge in [0.2, 0.25) is 5.91 Å². The number of carbonyl (C=O) groups is 1. The average molecular weight is 728 g/mol. The Kier molecular flexibility index (Phi) is 28.6. The van der Waals surface area contributed by atoms with Gasteiger partial charge >= 0.3 is 0 Å². The molecule has 9 atom stereocenters. The number of unbranched alkanes of at least 4 members (excludes halogenated alkanes) is 13. The van der Waals surface area contributed by atoms with Crippen LogP contribution in [0.2, 0.25) is 0 Å². The van der Waals surface area contributed by atoms with Crippen molar-refractivity contribution in [1.82, 2.24) is 5.32 Å². The fourth-order valence-corrected chi connectivity index (χ4v) is 6.07. The minimum absolute atomic E-state index is 0.240. The second kappa shape index (κ2) is 30.8. The van der Waals surface area contributed by atoms with Crippen molar-refractivity contribution in [3.63, 3.8) is 0 Å². The van der Waals surface area contributed by atoms with Crippen LogP contribution in [0.3, 0.4) is 0 Å². The third-order valence-electron chi connectivity index (χ3n) is 9.41. The summed E-state index contributed by atoms with van der Waals surface area (Å²) in [5.74, 6) is -0.717. The lowest BCUT2D eigenvalue weighted by Gasteiger charge is -2.40. The molecule has 0 aromatic rings. The van der Waals surface area contributed by atoms with E-state index >= 15 is 0 Å². The van der Waals surface area contributed by atoms with Crippen molar-refractivity contribution in [1.29, 1.82) is 0 Å². The number of aliphatic hydroxyl groups is 7. The molecule has 0 bridgehead atoms. The highest BCUT2D eigenvalue weighted by atomic mass is 16.7. The van der Waals surface area contributed by atoms with E-state index in [1.807, 2.05) is 6.08 Å². The van der Waals surface area contributed by atoms with E-state index in [4.69, 9.17) is 9.47 Å². The zero-order valence-electron chi connectivity index (χ0n) is 31.6. The molecule has 1 saturated heterocycles. The summed E-state index contributed by atoms with van der Waals surface area (Å²) in [7, 11) is 0. The van der Waals surface area contributed by atoms with Gasteiger partial charge in [-0.3, -0.25) is 4.79 Å². The number of amides is 1. The van der Waals surface area contributed by atoms with Gasteiger partial charge in [0.15, 0.2) is 6.29 Å². The van der Waals surface area contributed by atoms with Crippen molar-refractivity contribution in [2.24, 2.45) is 0 Å².